The molecule has 1 aromatic heterocycles. The molecule has 1 amide bonds. The van der Waals surface area contributed by atoms with Crippen molar-refractivity contribution in [3.8, 4) is 0 Å². The number of carbonyl (C=O) groups is 1. The van der Waals surface area contributed by atoms with Crippen LogP contribution in [0.1, 0.15) is 29.2 Å². The highest BCUT2D eigenvalue weighted by atomic mass is 32.1. The first-order chi connectivity index (χ1) is 11.5. The number of nitrogens with zero attached hydrogens (tertiary/aromatic N) is 2. The normalized spacial score (nSPS) is 12.1. The van der Waals surface area contributed by atoms with Crippen LogP contribution in [0.5, 0.6) is 0 Å². The molecule has 0 saturated carbocycles. The molecule has 3 rings (SSSR count). The maximum Gasteiger partial charge on any atom is 0.252 e. The summed E-state index contributed by atoms with van der Waals surface area (Å²) in [5, 5.41) is 0. The summed E-state index contributed by atoms with van der Waals surface area (Å²) < 4.78 is 3.29. The number of fused-ring (bicyclic) bond motifs is 1. The molecule has 0 spiro atoms. The van der Waals surface area contributed by atoms with E-state index in [0.717, 1.165) is 28.0 Å². The first-order valence-electron chi connectivity index (χ1n) is 8.21. The van der Waals surface area contributed by atoms with Crippen molar-refractivity contribution in [1.82, 2.24) is 4.57 Å². The number of thiazole rings is 1. The molecule has 2 aromatic carbocycles. The molecule has 24 heavy (non-hydrogen) atoms. The van der Waals surface area contributed by atoms with Gasteiger partial charge in [0.25, 0.3) is 5.91 Å². The van der Waals surface area contributed by atoms with E-state index in [1.165, 1.54) is 15.8 Å². The fourth-order valence-corrected chi connectivity index (χ4v) is 4.08. The summed E-state index contributed by atoms with van der Waals surface area (Å²) in [5.74, 6) is -0.0887. The van der Waals surface area contributed by atoms with Crippen molar-refractivity contribution >= 4 is 27.5 Å². The van der Waals surface area contributed by atoms with Crippen LogP contribution in [0.3, 0.4) is 0 Å². The molecule has 1 heterocycles. The molecule has 0 unspecified atom stereocenters. The second-order valence-electron chi connectivity index (χ2n) is 6.21. The summed E-state index contributed by atoms with van der Waals surface area (Å²) >= 11 is 1.58. The molecule has 0 radical (unpaired) electrons. The summed E-state index contributed by atoms with van der Waals surface area (Å²) in [6.45, 7) is 9.05. The van der Waals surface area contributed by atoms with Crippen LogP contribution in [0.4, 0.5) is 0 Å². The zero-order chi connectivity index (χ0) is 17.3. The molecule has 0 aliphatic rings. The lowest BCUT2D eigenvalue weighted by Gasteiger charge is -2.04. The van der Waals surface area contributed by atoms with E-state index in [1.807, 2.05) is 13.8 Å². The van der Waals surface area contributed by atoms with Crippen LogP contribution in [0.2, 0.25) is 0 Å². The van der Waals surface area contributed by atoms with Crippen LogP contribution < -0.4 is 4.80 Å². The van der Waals surface area contributed by atoms with E-state index < -0.39 is 0 Å². The highest BCUT2D eigenvalue weighted by Crippen LogP contribution is 2.19. The number of aromatic nitrogens is 1. The Morgan fingerprint density at radius 2 is 1.79 bits per heavy atom. The molecule has 0 atom stereocenters. The van der Waals surface area contributed by atoms with Crippen molar-refractivity contribution in [3.63, 3.8) is 0 Å². The molecule has 0 N–H and O–H groups in total. The number of rotatable bonds is 3. The Bertz CT molecular complexity index is 979. The summed E-state index contributed by atoms with van der Waals surface area (Å²) in [7, 11) is 0. The highest BCUT2D eigenvalue weighted by molar-refractivity contribution is 7.16. The molecule has 0 aliphatic carbocycles. The Balaban J connectivity index is 2.00. The molecule has 3 aromatic rings. The number of hydrogen-bond acceptors (Lipinski definition) is 2. The van der Waals surface area contributed by atoms with Gasteiger partial charge in [0.1, 0.15) is 0 Å². The van der Waals surface area contributed by atoms with Gasteiger partial charge in [-0.15, -0.1) is 0 Å². The average Bonchev–Trinajstić information content (AvgIpc) is 2.86. The van der Waals surface area contributed by atoms with E-state index in [0.29, 0.717) is 6.42 Å². The summed E-state index contributed by atoms with van der Waals surface area (Å²) in [5.41, 5.74) is 5.74. The molecule has 0 bridgehead atoms. The van der Waals surface area contributed by atoms with Crippen molar-refractivity contribution in [2.75, 3.05) is 0 Å². The topological polar surface area (TPSA) is 34.4 Å². The monoisotopic (exact) mass is 338 g/mol. The number of benzene rings is 2. The Morgan fingerprint density at radius 3 is 2.54 bits per heavy atom. The molecule has 124 valence electrons. The van der Waals surface area contributed by atoms with Crippen LogP contribution in [0, 0.1) is 20.8 Å². The van der Waals surface area contributed by atoms with Gasteiger partial charge in [-0.05, 0) is 56.5 Å². The fraction of sp³-hybridized carbons (Fsp3) is 0.300. The van der Waals surface area contributed by atoms with E-state index in [9.17, 15) is 4.79 Å². The van der Waals surface area contributed by atoms with Crippen LogP contribution in [0.15, 0.2) is 41.4 Å². The van der Waals surface area contributed by atoms with Crippen molar-refractivity contribution in [1.29, 1.82) is 0 Å². The van der Waals surface area contributed by atoms with Gasteiger partial charge in [0.2, 0.25) is 0 Å². The van der Waals surface area contributed by atoms with E-state index in [-0.39, 0.29) is 5.91 Å². The maximum absolute atomic E-state index is 12.5. The third-order valence-electron chi connectivity index (χ3n) is 4.22. The third kappa shape index (κ3) is 3.34. The Kier molecular flexibility index (Phi) is 4.67. The minimum absolute atomic E-state index is 0.0887. The second-order valence-corrected chi connectivity index (χ2v) is 7.22. The summed E-state index contributed by atoms with van der Waals surface area (Å²) in [4.78, 5) is 17.7. The molecule has 0 saturated heterocycles. The summed E-state index contributed by atoms with van der Waals surface area (Å²) in [6, 6.07) is 12.6. The molecule has 3 nitrogen and oxygen atoms in total. The van der Waals surface area contributed by atoms with Gasteiger partial charge in [-0.25, -0.2) is 0 Å². The van der Waals surface area contributed by atoms with Crippen LogP contribution in [-0.4, -0.2) is 10.5 Å². The van der Waals surface area contributed by atoms with E-state index in [4.69, 9.17) is 0 Å². The van der Waals surface area contributed by atoms with Crippen LogP contribution in [-0.2, 0) is 17.8 Å². The number of aryl methyl sites for hydroxylation is 4. The lowest BCUT2D eigenvalue weighted by Crippen LogP contribution is -2.16. The van der Waals surface area contributed by atoms with Crippen molar-refractivity contribution in [3.05, 3.63) is 63.5 Å². The average molecular weight is 338 g/mol. The van der Waals surface area contributed by atoms with E-state index in [2.05, 4.69) is 59.8 Å². The first kappa shape index (κ1) is 16.7. The van der Waals surface area contributed by atoms with Gasteiger partial charge >= 0.3 is 0 Å². The lowest BCUT2D eigenvalue weighted by atomic mass is 10.0. The lowest BCUT2D eigenvalue weighted by molar-refractivity contribution is -0.117. The zero-order valence-electron chi connectivity index (χ0n) is 14.6. The van der Waals surface area contributed by atoms with Crippen LogP contribution >= 0.6 is 11.3 Å². The second kappa shape index (κ2) is 6.73. The Labute approximate surface area is 146 Å². The minimum Gasteiger partial charge on any atom is -0.317 e. The van der Waals surface area contributed by atoms with E-state index >= 15 is 0 Å². The third-order valence-corrected chi connectivity index (χ3v) is 5.26. The molecular weight excluding hydrogens is 316 g/mol. The Hall–Kier alpha value is -2.20. The van der Waals surface area contributed by atoms with Crippen molar-refractivity contribution in [2.24, 2.45) is 4.99 Å². The number of amides is 1. The predicted molar refractivity (Wildman–Crippen MR) is 100 cm³/mol. The largest absolute Gasteiger partial charge is 0.317 e. The standard InChI is InChI=1S/C20H22N2OS/c1-5-22-17-9-7-14(3)11-18(17)24-20(22)21-19(23)12-16-10-13(2)6-8-15(16)4/h6-11H,5,12H2,1-4H3. The van der Waals surface area contributed by atoms with Crippen molar-refractivity contribution < 1.29 is 4.79 Å². The summed E-state index contributed by atoms with van der Waals surface area (Å²) in [6.07, 6.45) is 0.352. The van der Waals surface area contributed by atoms with E-state index in [1.54, 1.807) is 11.3 Å². The van der Waals surface area contributed by atoms with Gasteiger partial charge < -0.3 is 4.57 Å². The zero-order valence-corrected chi connectivity index (χ0v) is 15.4. The smallest absolute Gasteiger partial charge is 0.252 e. The number of hydrogen-bond donors (Lipinski definition) is 0. The molecule has 0 aliphatic heterocycles. The molecular formula is C20H22N2OS. The molecule has 0 fully saturated rings. The SMILES string of the molecule is CCn1c(=NC(=O)Cc2cc(C)ccc2C)sc2cc(C)ccc21. The van der Waals surface area contributed by atoms with Gasteiger partial charge in [-0.2, -0.15) is 4.99 Å². The maximum atomic E-state index is 12.5. The predicted octanol–water partition coefficient (Wildman–Crippen LogP) is 4.32. The van der Waals surface area contributed by atoms with Crippen molar-refractivity contribution in [2.45, 2.75) is 40.7 Å². The van der Waals surface area contributed by atoms with Crippen LogP contribution in [0.25, 0.3) is 10.2 Å². The van der Waals surface area contributed by atoms with Gasteiger partial charge in [0.15, 0.2) is 4.80 Å². The highest BCUT2D eigenvalue weighted by Gasteiger charge is 2.09. The fourth-order valence-electron chi connectivity index (χ4n) is 2.87. The van der Waals surface area contributed by atoms with Gasteiger partial charge in [0, 0.05) is 6.54 Å². The minimum atomic E-state index is -0.0887. The Morgan fingerprint density at radius 1 is 1.08 bits per heavy atom. The quantitative estimate of drug-likeness (QED) is 0.700. The molecule has 4 heteroatoms. The first-order valence-corrected chi connectivity index (χ1v) is 9.03. The van der Waals surface area contributed by atoms with Gasteiger partial charge in [0.05, 0.1) is 16.6 Å². The van der Waals surface area contributed by atoms with Gasteiger partial charge in [-0.1, -0.05) is 41.2 Å². The number of carbonyl (C=O) groups excluding carboxylic acids is 1. The van der Waals surface area contributed by atoms with Gasteiger partial charge in [-0.3, -0.25) is 4.79 Å².